The van der Waals surface area contributed by atoms with Crippen LogP contribution in [0, 0.1) is 0 Å². The minimum atomic E-state index is -3.53. The van der Waals surface area contributed by atoms with Crippen LogP contribution in [-0.4, -0.2) is 58.8 Å². The monoisotopic (exact) mass is 342 g/mol. The number of sulfonamides is 1. The first-order chi connectivity index (χ1) is 10.9. The predicted molar refractivity (Wildman–Crippen MR) is 89.3 cm³/mol. The fraction of sp³-hybridized carbons (Fsp3) is 0.625. The van der Waals surface area contributed by atoms with E-state index in [0.717, 1.165) is 19.5 Å². The van der Waals surface area contributed by atoms with Gasteiger partial charge in [0.15, 0.2) is 0 Å². The lowest BCUT2D eigenvalue weighted by Crippen LogP contribution is -2.56. The number of benzene rings is 1. The van der Waals surface area contributed by atoms with Gasteiger partial charge in [0.25, 0.3) is 0 Å². The maximum atomic E-state index is 12.5. The first-order valence-electron chi connectivity index (χ1n) is 7.88. The third-order valence-electron chi connectivity index (χ3n) is 4.55. The zero-order chi connectivity index (χ0) is 16.9. The van der Waals surface area contributed by atoms with Crippen LogP contribution in [0.1, 0.15) is 20.3 Å². The minimum absolute atomic E-state index is 0.219. The summed E-state index contributed by atoms with van der Waals surface area (Å²) in [7, 11) is -1.98. The van der Waals surface area contributed by atoms with Crippen LogP contribution in [0.4, 0.5) is 0 Å². The molecule has 6 nitrogen and oxygen atoms in total. The lowest BCUT2D eigenvalue weighted by molar-refractivity contribution is -0.0157. The Bertz CT molecular complexity index is 597. The van der Waals surface area contributed by atoms with Crippen LogP contribution in [0.15, 0.2) is 29.2 Å². The predicted octanol–water partition coefficient (Wildman–Crippen LogP) is 1.47. The Balaban J connectivity index is 2.06. The molecule has 0 unspecified atom stereocenters. The van der Waals surface area contributed by atoms with Crippen LogP contribution in [0.5, 0.6) is 5.75 Å². The normalized spacial score (nSPS) is 19.3. The SMILES string of the molecule is CC[C@](C)(CNS(=O)(=O)c1ccc(OC)cc1)N1CCOCC1. The molecule has 0 aromatic heterocycles. The van der Waals surface area contributed by atoms with Gasteiger partial charge in [0.05, 0.1) is 25.2 Å². The smallest absolute Gasteiger partial charge is 0.240 e. The molecule has 0 radical (unpaired) electrons. The quantitative estimate of drug-likeness (QED) is 0.813. The summed E-state index contributed by atoms with van der Waals surface area (Å²) in [4.78, 5) is 2.55. The largest absolute Gasteiger partial charge is 0.497 e. The summed E-state index contributed by atoms with van der Waals surface area (Å²) < 4.78 is 38.2. The number of ether oxygens (including phenoxy) is 2. The van der Waals surface area contributed by atoms with Crippen LogP contribution in [0.25, 0.3) is 0 Å². The summed E-state index contributed by atoms with van der Waals surface area (Å²) in [5, 5.41) is 0. The Hall–Kier alpha value is -1.15. The molecule has 1 aromatic carbocycles. The van der Waals surface area contributed by atoms with Crippen LogP contribution < -0.4 is 9.46 Å². The summed E-state index contributed by atoms with van der Waals surface area (Å²) in [5.74, 6) is 0.635. The van der Waals surface area contributed by atoms with Crippen molar-refractivity contribution in [3.05, 3.63) is 24.3 Å². The number of morpholine rings is 1. The van der Waals surface area contributed by atoms with E-state index in [1.807, 2.05) is 0 Å². The molecule has 1 atom stereocenters. The third-order valence-corrected chi connectivity index (χ3v) is 5.97. The van der Waals surface area contributed by atoms with Crippen molar-refractivity contribution in [3.63, 3.8) is 0 Å². The zero-order valence-corrected chi connectivity index (χ0v) is 14.9. The lowest BCUT2D eigenvalue weighted by atomic mass is 9.96. The number of nitrogens with zero attached hydrogens (tertiary/aromatic N) is 1. The molecule has 2 rings (SSSR count). The maximum Gasteiger partial charge on any atom is 0.240 e. The van der Waals surface area contributed by atoms with Crippen molar-refractivity contribution in [1.82, 2.24) is 9.62 Å². The highest BCUT2D eigenvalue weighted by Gasteiger charge is 2.32. The van der Waals surface area contributed by atoms with Gasteiger partial charge in [0.1, 0.15) is 5.75 Å². The van der Waals surface area contributed by atoms with Gasteiger partial charge in [-0.15, -0.1) is 0 Å². The van der Waals surface area contributed by atoms with E-state index in [1.54, 1.807) is 31.4 Å². The van der Waals surface area contributed by atoms with E-state index < -0.39 is 10.0 Å². The Kier molecular flexibility index (Phi) is 6.02. The molecule has 7 heteroatoms. The fourth-order valence-electron chi connectivity index (χ4n) is 2.65. The Morgan fingerprint density at radius 2 is 1.87 bits per heavy atom. The highest BCUT2D eigenvalue weighted by Crippen LogP contribution is 2.21. The number of hydrogen-bond donors (Lipinski definition) is 1. The Labute approximate surface area is 138 Å². The summed E-state index contributed by atoms with van der Waals surface area (Å²) in [6, 6.07) is 6.41. The van der Waals surface area contributed by atoms with Gasteiger partial charge in [-0.05, 0) is 37.6 Å². The highest BCUT2D eigenvalue weighted by molar-refractivity contribution is 7.89. The second-order valence-electron chi connectivity index (χ2n) is 5.95. The molecule has 1 aliphatic heterocycles. The van der Waals surface area contributed by atoms with Crippen molar-refractivity contribution in [1.29, 1.82) is 0 Å². The second-order valence-corrected chi connectivity index (χ2v) is 7.72. The van der Waals surface area contributed by atoms with Gasteiger partial charge < -0.3 is 9.47 Å². The van der Waals surface area contributed by atoms with Gasteiger partial charge in [0.2, 0.25) is 10.0 Å². The van der Waals surface area contributed by atoms with Crippen molar-refractivity contribution in [2.24, 2.45) is 0 Å². The number of nitrogens with one attached hydrogen (secondary N) is 1. The summed E-state index contributed by atoms with van der Waals surface area (Å²) >= 11 is 0. The average molecular weight is 342 g/mol. The van der Waals surface area contributed by atoms with Crippen molar-refractivity contribution < 1.29 is 17.9 Å². The first-order valence-corrected chi connectivity index (χ1v) is 9.36. The number of rotatable bonds is 7. The first kappa shape index (κ1) is 18.2. The molecule has 0 bridgehead atoms. The Morgan fingerprint density at radius 3 is 2.39 bits per heavy atom. The molecule has 1 saturated heterocycles. The molecule has 23 heavy (non-hydrogen) atoms. The molecule has 0 amide bonds. The maximum absolute atomic E-state index is 12.5. The standard InChI is InChI=1S/C16H26N2O4S/c1-4-16(2,18-9-11-22-12-10-18)13-17-23(19,20)15-7-5-14(21-3)6-8-15/h5-8,17H,4,9-13H2,1-3H3/t16-/m1/s1. The van der Waals surface area contributed by atoms with Crippen molar-refractivity contribution in [2.45, 2.75) is 30.7 Å². The summed E-state index contributed by atoms with van der Waals surface area (Å²) in [6.45, 7) is 7.59. The van der Waals surface area contributed by atoms with Gasteiger partial charge in [-0.25, -0.2) is 13.1 Å². The van der Waals surface area contributed by atoms with Gasteiger partial charge >= 0.3 is 0 Å². The molecule has 1 N–H and O–H groups in total. The van der Waals surface area contributed by atoms with Crippen LogP contribution in [-0.2, 0) is 14.8 Å². The second kappa shape index (κ2) is 7.61. The summed E-state index contributed by atoms with van der Waals surface area (Å²) in [6.07, 6.45) is 0.859. The molecule has 1 aromatic rings. The van der Waals surface area contributed by atoms with E-state index in [0.29, 0.717) is 25.5 Å². The Morgan fingerprint density at radius 1 is 1.26 bits per heavy atom. The van der Waals surface area contributed by atoms with Crippen molar-refractivity contribution >= 4 is 10.0 Å². The molecule has 0 saturated carbocycles. The average Bonchev–Trinajstić information content (AvgIpc) is 2.60. The van der Waals surface area contributed by atoms with Crippen molar-refractivity contribution in [3.8, 4) is 5.75 Å². The number of methoxy groups -OCH3 is 1. The van der Waals surface area contributed by atoms with Gasteiger partial charge in [0, 0.05) is 25.2 Å². The van der Waals surface area contributed by atoms with E-state index in [9.17, 15) is 8.42 Å². The van der Waals surface area contributed by atoms with Crippen molar-refractivity contribution in [2.75, 3.05) is 40.0 Å². The topological polar surface area (TPSA) is 67.9 Å². The van der Waals surface area contributed by atoms with E-state index in [2.05, 4.69) is 23.5 Å². The lowest BCUT2D eigenvalue weighted by Gasteiger charge is -2.43. The molecule has 0 aliphatic carbocycles. The summed E-state index contributed by atoms with van der Waals surface area (Å²) in [5.41, 5.74) is -0.219. The van der Waals surface area contributed by atoms with E-state index >= 15 is 0 Å². The van der Waals surface area contributed by atoms with E-state index in [1.165, 1.54) is 0 Å². The van der Waals surface area contributed by atoms with E-state index in [-0.39, 0.29) is 10.4 Å². The molecule has 130 valence electrons. The van der Waals surface area contributed by atoms with Crippen LogP contribution in [0.3, 0.4) is 0 Å². The van der Waals surface area contributed by atoms with Crippen LogP contribution >= 0.6 is 0 Å². The van der Waals surface area contributed by atoms with Gasteiger partial charge in [-0.2, -0.15) is 0 Å². The minimum Gasteiger partial charge on any atom is -0.497 e. The highest BCUT2D eigenvalue weighted by atomic mass is 32.2. The number of hydrogen-bond acceptors (Lipinski definition) is 5. The molecule has 0 spiro atoms. The fourth-order valence-corrected chi connectivity index (χ4v) is 3.81. The van der Waals surface area contributed by atoms with Gasteiger partial charge in [-0.1, -0.05) is 6.92 Å². The molecule has 1 fully saturated rings. The van der Waals surface area contributed by atoms with Crippen LogP contribution in [0.2, 0.25) is 0 Å². The molecular formula is C16H26N2O4S. The molecule has 1 aliphatic rings. The third kappa shape index (κ3) is 4.44. The zero-order valence-electron chi connectivity index (χ0n) is 14.0. The van der Waals surface area contributed by atoms with Gasteiger partial charge in [-0.3, -0.25) is 4.90 Å². The molecular weight excluding hydrogens is 316 g/mol. The van der Waals surface area contributed by atoms with E-state index in [4.69, 9.17) is 9.47 Å². The molecule has 1 heterocycles.